The number of rotatable bonds is 6. The third-order valence-electron chi connectivity index (χ3n) is 4.88. The number of carbonyl (C=O) groups excluding carboxylic acids is 1. The molecule has 27 heavy (non-hydrogen) atoms. The van der Waals surface area contributed by atoms with Gasteiger partial charge in [0.05, 0.1) is 17.3 Å². The zero-order valence-electron chi connectivity index (χ0n) is 16.0. The van der Waals surface area contributed by atoms with Gasteiger partial charge in [-0.3, -0.25) is 9.69 Å². The van der Waals surface area contributed by atoms with E-state index in [0.29, 0.717) is 13.1 Å². The molecule has 0 aliphatic carbocycles. The third-order valence-corrected chi connectivity index (χ3v) is 5.19. The molecule has 144 valence electrons. The first-order valence-electron chi connectivity index (χ1n) is 9.28. The highest BCUT2D eigenvalue weighted by molar-refractivity contribution is 6.33. The Hall–Kier alpha value is -2.24. The minimum absolute atomic E-state index is 0.0675. The minimum Gasteiger partial charge on any atom is -0.378 e. The first-order valence-corrected chi connectivity index (χ1v) is 9.65. The average molecular weight is 387 g/mol. The number of hydrogen-bond acceptors (Lipinski definition) is 4. The van der Waals surface area contributed by atoms with Gasteiger partial charge in [-0.2, -0.15) is 0 Å². The first kappa shape index (κ1) is 19.5. The van der Waals surface area contributed by atoms with Crippen LogP contribution in [-0.2, 0) is 11.3 Å². The van der Waals surface area contributed by atoms with Crippen LogP contribution in [-0.4, -0.2) is 57.6 Å². The second-order valence-corrected chi connectivity index (χ2v) is 7.46. The molecule has 3 rings (SSSR count). The monoisotopic (exact) mass is 386 g/mol. The largest absolute Gasteiger partial charge is 0.378 e. The highest BCUT2D eigenvalue weighted by Gasteiger charge is 2.20. The SMILES string of the molecule is CN(C)c1ccc(CNC(=O)CN2CCN(c3ccccc3Cl)CC2)cc1. The Bertz CT molecular complexity index is 755. The number of nitrogens with one attached hydrogen (secondary N) is 1. The fourth-order valence-corrected chi connectivity index (χ4v) is 3.48. The highest BCUT2D eigenvalue weighted by atomic mass is 35.5. The third kappa shape index (κ3) is 5.37. The summed E-state index contributed by atoms with van der Waals surface area (Å²) in [6.45, 7) is 4.47. The lowest BCUT2D eigenvalue weighted by Gasteiger charge is -2.36. The van der Waals surface area contributed by atoms with Crippen LogP contribution in [0.15, 0.2) is 48.5 Å². The van der Waals surface area contributed by atoms with E-state index >= 15 is 0 Å². The van der Waals surface area contributed by atoms with Crippen molar-refractivity contribution in [3.63, 3.8) is 0 Å². The van der Waals surface area contributed by atoms with E-state index < -0.39 is 0 Å². The first-order chi connectivity index (χ1) is 13.0. The van der Waals surface area contributed by atoms with Crippen LogP contribution in [0.1, 0.15) is 5.56 Å². The fourth-order valence-electron chi connectivity index (χ4n) is 3.23. The smallest absolute Gasteiger partial charge is 0.234 e. The van der Waals surface area contributed by atoms with Gasteiger partial charge < -0.3 is 15.1 Å². The summed E-state index contributed by atoms with van der Waals surface area (Å²) < 4.78 is 0. The zero-order chi connectivity index (χ0) is 19.2. The number of nitrogens with zero attached hydrogens (tertiary/aromatic N) is 3. The summed E-state index contributed by atoms with van der Waals surface area (Å²) in [6, 6.07) is 16.2. The molecule has 0 aromatic heterocycles. The van der Waals surface area contributed by atoms with Crippen molar-refractivity contribution in [2.45, 2.75) is 6.54 Å². The fraction of sp³-hybridized carbons (Fsp3) is 0.381. The van der Waals surface area contributed by atoms with E-state index in [2.05, 4.69) is 44.3 Å². The molecule has 2 aromatic carbocycles. The Balaban J connectivity index is 1.42. The molecule has 0 saturated carbocycles. The Morgan fingerprint density at radius 1 is 1.04 bits per heavy atom. The topological polar surface area (TPSA) is 38.8 Å². The Morgan fingerprint density at radius 3 is 2.33 bits per heavy atom. The van der Waals surface area contributed by atoms with Crippen LogP contribution in [0.2, 0.25) is 5.02 Å². The molecule has 2 aromatic rings. The van der Waals surface area contributed by atoms with Crippen LogP contribution in [0.4, 0.5) is 11.4 Å². The molecule has 1 saturated heterocycles. The number of para-hydroxylation sites is 1. The number of piperazine rings is 1. The van der Waals surface area contributed by atoms with Crippen molar-refractivity contribution < 1.29 is 4.79 Å². The van der Waals surface area contributed by atoms with Crippen molar-refractivity contribution in [2.24, 2.45) is 0 Å². The van der Waals surface area contributed by atoms with Gasteiger partial charge in [-0.1, -0.05) is 35.9 Å². The molecule has 1 aliphatic rings. The minimum atomic E-state index is 0.0675. The van der Waals surface area contributed by atoms with Crippen molar-refractivity contribution in [3.05, 3.63) is 59.1 Å². The van der Waals surface area contributed by atoms with E-state index in [-0.39, 0.29) is 5.91 Å². The lowest BCUT2D eigenvalue weighted by molar-refractivity contribution is -0.122. The van der Waals surface area contributed by atoms with Crippen molar-refractivity contribution >= 4 is 28.9 Å². The molecular weight excluding hydrogens is 360 g/mol. The van der Waals surface area contributed by atoms with Gasteiger partial charge >= 0.3 is 0 Å². The molecule has 0 atom stereocenters. The molecule has 1 fully saturated rings. The van der Waals surface area contributed by atoms with Gasteiger partial charge in [0, 0.05) is 52.5 Å². The maximum atomic E-state index is 12.3. The summed E-state index contributed by atoms with van der Waals surface area (Å²) in [5.74, 6) is 0.0675. The van der Waals surface area contributed by atoms with Crippen LogP contribution in [0.5, 0.6) is 0 Å². The van der Waals surface area contributed by atoms with Gasteiger partial charge in [0.1, 0.15) is 0 Å². The molecule has 0 bridgehead atoms. The van der Waals surface area contributed by atoms with Crippen LogP contribution in [0, 0.1) is 0 Å². The summed E-state index contributed by atoms with van der Waals surface area (Å²) in [5.41, 5.74) is 3.34. The molecule has 1 aliphatic heterocycles. The molecule has 0 radical (unpaired) electrons. The van der Waals surface area contributed by atoms with E-state index in [0.717, 1.165) is 48.1 Å². The maximum Gasteiger partial charge on any atom is 0.234 e. The molecular formula is C21H27ClN4O. The van der Waals surface area contributed by atoms with Gasteiger partial charge in [-0.25, -0.2) is 0 Å². The highest BCUT2D eigenvalue weighted by Crippen LogP contribution is 2.25. The van der Waals surface area contributed by atoms with Gasteiger partial charge in [0.25, 0.3) is 0 Å². The summed E-state index contributed by atoms with van der Waals surface area (Å²) in [5, 5.41) is 3.80. The zero-order valence-corrected chi connectivity index (χ0v) is 16.7. The van der Waals surface area contributed by atoms with Gasteiger partial charge in [-0.15, -0.1) is 0 Å². The van der Waals surface area contributed by atoms with E-state index in [1.165, 1.54) is 0 Å². The molecule has 6 heteroatoms. The van der Waals surface area contributed by atoms with Crippen molar-refractivity contribution in [3.8, 4) is 0 Å². The van der Waals surface area contributed by atoms with E-state index in [1.54, 1.807) is 0 Å². The van der Waals surface area contributed by atoms with Gasteiger partial charge in [0.2, 0.25) is 5.91 Å². The summed E-state index contributed by atoms with van der Waals surface area (Å²) in [6.07, 6.45) is 0. The van der Waals surface area contributed by atoms with Gasteiger partial charge in [0.15, 0.2) is 0 Å². The van der Waals surface area contributed by atoms with Crippen molar-refractivity contribution in [1.29, 1.82) is 0 Å². The molecule has 1 N–H and O–H groups in total. The molecule has 1 heterocycles. The average Bonchev–Trinajstić information content (AvgIpc) is 2.68. The van der Waals surface area contributed by atoms with Crippen LogP contribution in [0.3, 0.4) is 0 Å². The van der Waals surface area contributed by atoms with Crippen LogP contribution < -0.4 is 15.1 Å². The van der Waals surface area contributed by atoms with Crippen molar-refractivity contribution in [1.82, 2.24) is 10.2 Å². The number of benzene rings is 2. The van der Waals surface area contributed by atoms with Crippen LogP contribution in [0.25, 0.3) is 0 Å². The van der Waals surface area contributed by atoms with E-state index in [1.807, 2.05) is 38.4 Å². The number of amides is 1. The molecule has 0 spiro atoms. The second kappa shape index (κ2) is 9.11. The predicted molar refractivity (Wildman–Crippen MR) is 113 cm³/mol. The lowest BCUT2D eigenvalue weighted by Crippen LogP contribution is -2.49. The Morgan fingerprint density at radius 2 is 1.70 bits per heavy atom. The summed E-state index contributed by atoms with van der Waals surface area (Å²) in [4.78, 5) is 18.8. The normalized spacial score (nSPS) is 14.9. The van der Waals surface area contributed by atoms with E-state index in [4.69, 9.17) is 11.6 Å². The molecule has 5 nitrogen and oxygen atoms in total. The number of anilines is 2. The number of halogens is 1. The number of hydrogen-bond donors (Lipinski definition) is 1. The number of carbonyl (C=O) groups is 1. The lowest BCUT2D eigenvalue weighted by atomic mass is 10.2. The Labute approximate surface area is 166 Å². The molecule has 1 amide bonds. The quantitative estimate of drug-likeness (QED) is 0.828. The molecule has 0 unspecified atom stereocenters. The second-order valence-electron chi connectivity index (χ2n) is 7.05. The van der Waals surface area contributed by atoms with Crippen molar-refractivity contribution in [2.75, 3.05) is 56.6 Å². The Kier molecular flexibility index (Phi) is 6.58. The summed E-state index contributed by atoms with van der Waals surface area (Å²) in [7, 11) is 4.03. The van der Waals surface area contributed by atoms with Crippen LogP contribution >= 0.6 is 11.6 Å². The van der Waals surface area contributed by atoms with Gasteiger partial charge in [-0.05, 0) is 29.8 Å². The predicted octanol–water partition coefficient (Wildman–Crippen LogP) is 2.84. The van der Waals surface area contributed by atoms with E-state index in [9.17, 15) is 4.79 Å². The maximum absolute atomic E-state index is 12.3. The summed E-state index contributed by atoms with van der Waals surface area (Å²) >= 11 is 6.28. The standard InChI is InChI=1S/C21H27ClN4O/c1-24(2)18-9-7-17(8-10-18)15-23-21(27)16-25-11-13-26(14-12-25)20-6-4-3-5-19(20)22/h3-10H,11-16H2,1-2H3,(H,23,27).